The van der Waals surface area contributed by atoms with E-state index in [1.54, 1.807) is 0 Å². The van der Waals surface area contributed by atoms with Crippen LogP contribution >= 0.6 is 0 Å². The van der Waals surface area contributed by atoms with Crippen LogP contribution in [-0.4, -0.2) is 9.97 Å². The van der Waals surface area contributed by atoms with Crippen molar-refractivity contribution in [3.8, 4) is 22.5 Å². The highest BCUT2D eigenvalue weighted by Gasteiger charge is 2.17. The molecular weight excluding hydrogens is 460 g/mol. The number of nitrogens with zero attached hydrogens (tertiary/aromatic N) is 2. The SMILES string of the molecule is c1ccc2cc(-c3cnc(-c4nc5ccccc5c5c4ccc4ccccc45)c4ccccc34)ccc2c1. The van der Waals surface area contributed by atoms with Crippen molar-refractivity contribution in [1.82, 2.24) is 9.97 Å². The van der Waals surface area contributed by atoms with Crippen LogP contribution in [0.15, 0.2) is 134 Å². The lowest BCUT2D eigenvalue weighted by atomic mass is 9.93. The highest BCUT2D eigenvalue weighted by molar-refractivity contribution is 6.23. The van der Waals surface area contributed by atoms with E-state index in [4.69, 9.17) is 9.97 Å². The average Bonchev–Trinajstić information content (AvgIpc) is 2.99. The first kappa shape index (κ1) is 21.0. The van der Waals surface area contributed by atoms with Gasteiger partial charge in [-0.05, 0) is 44.6 Å². The molecule has 0 spiro atoms. The molecule has 0 bridgehead atoms. The molecule has 0 amide bonds. The van der Waals surface area contributed by atoms with E-state index in [1.807, 2.05) is 6.20 Å². The largest absolute Gasteiger partial charge is 0.253 e. The lowest BCUT2D eigenvalue weighted by Crippen LogP contribution is -1.95. The maximum atomic E-state index is 5.21. The van der Waals surface area contributed by atoms with Crippen LogP contribution in [0.1, 0.15) is 0 Å². The Morgan fingerprint density at radius 3 is 1.95 bits per heavy atom. The molecule has 176 valence electrons. The Morgan fingerprint density at radius 1 is 0.421 bits per heavy atom. The normalized spacial score (nSPS) is 11.7. The summed E-state index contributed by atoms with van der Waals surface area (Å²) in [4.78, 5) is 10.3. The summed E-state index contributed by atoms with van der Waals surface area (Å²) in [7, 11) is 0. The fourth-order valence-electron chi connectivity index (χ4n) is 5.87. The zero-order chi connectivity index (χ0) is 25.1. The molecule has 0 aliphatic carbocycles. The molecule has 8 rings (SSSR count). The zero-order valence-electron chi connectivity index (χ0n) is 20.6. The van der Waals surface area contributed by atoms with Gasteiger partial charge in [0.1, 0.15) is 0 Å². The van der Waals surface area contributed by atoms with Crippen LogP contribution in [0.2, 0.25) is 0 Å². The standard InChI is InChI=1S/C36H22N2/c1-2-11-25-21-26(18-17-23(25)9-1)32-22-37-35(29-14-6-5-13-28(29)32)36-31-20-19-24-10-3-4-12-27(24)34(31)30-15-7-8-16-33(30)38-36/h1-22H. The lowest BCUT2D eigenvalue weighted by Gasteiger charge is -2.15. The van der Waals surface area contributed by atoms with E-state index in [0.29, 0.717) is 0 Å². The van der Waals surface area contributed by atoms with Gasteiger partial charge in [-0.2, -0.15) is 0 Å². The summed E-state index contributed by atoms with van der Waals surface area (Å²) in [5, 5.41) is 10.7. The molecule has 2 aromatic heterocycles. The third-order valence-electron chi connectivity index (χ3n) is 7.67. The minimum Gasteiger partial charge on any atom is -0.253 e. The van der Waals surface area contributed by atoms with Crippen LogP contribution < -0.4 is 0 Å². The van der Waals surface area contributed by atoms with Crippen LogP contribution in [-0.2, 0) is 0 Å². The number of benzene rings is 6. The Labute approximate surface area is 219 Å². The van der Waals surface area contributed by atoms with Crippen molar-refractivity contribution in [3.63, 3.8) is 0 Å². The topological polar surface area (TPSA) is 25.8 Å². The number of rotatable bonds is 2. The Hall–Kier alpha value is -5.08. The monoisotopic (exact) mass is 482 g/mol. The maximum absolute atomic E-state index is 5.21. The molecule has 0 unspecified atom stereocenters. The summed E-state index contributed by atoms with van der Waals surface area (Å²) in [6, 6.07) is 45.1. The highest BCUT2D eigenvalue weighted by atomic mass is 14.8. The minimum absolute atomic E-state index is 0.913. The summed E-state index contributed by atoms with van der Waals surface area (Å²) in [5.74, 6) is 0. The van der Waals surface area contributed by atoms with E-state index in [1.165, 1.54) is 43.3 Å². The molecule has 0 aliphatic rings. The van der Waals surface area contributed by atoms with Gasteiger partial charge in [0.05, 0.1) is 16.9 Å². The van der Waals surface area contributed by atoms with Crippen LogP contribution in [0.3, 0.4) is 0 Å². The second kappa shape index (κ2) is 8.22. The van der Waals surface area contributed by atoms with Gasteiger partial charge < -0.3 is 0 Å². The number of fused-ring (bicyclic) bond motifs is 7. The molecule has 38 heavy (non-hydrogen) atoms. The summed E-state index contributed by atoms with van der Waals surface area (Å²) >= 11 is 0. The van der Waals surface area contributed by atoms with Gasteiger partial charge in [0, 0.05) is 33.3 Å². The molecule has 0 aliphatic heterocycles. The first-order valence-corrected chi connectivity index (χ1v) is 12.9. The molecule has 0 radical (unpaired) electrons. The molecule has 2 heteroatoms. The van der Waals surface area contributed by atoms with Crippen LogP contribution in [0, 0.1) is 0 Å². The van der Waals surface area contributed by atoms with Gasteiger partial charge in [0.25, 0.3) is 0 Å². The quantitative estimate of drug-likeness (QED) is 0.229. The fourth-order valence-corrected chi connectivity index (χ4v) is 5.87. The Bertz CT molecular complexity index is 2180. The Balaban J connectivity index is 1.45. The van der Waals surface area contributed by atoms with E-state index in [2.05, 4.69) is 127 Å². The highest BCUT2D eigenvalue weighted by Crippen LogP contribution is 2.40. The Kier molecular flexibility index (Phi) is 4.55. The summed E-state index contributed by atoms with van der Waals surface area (Å²) in [6.45, 7) is 0. The average molecular weight is 483 g/mol. The van der Waals surface area contributed by atoms with Crippen LogP contribution in [0.5, 0.6) is 0 Å². The van der Waals surface area contributed by atoms with Crippen molar-refractivity contribution in [2.45, 2.75) is 0 Å². The predicted octanol–water partition coefficient (Wildman–Crippen LogP) is 9.58. The third kappa shape index (κ3) is 3.14. The summed E-state index contributed by atoms with van der Waals surface area (Å²) in [6.07, 6.45) is 2.02. The molecule has 0 N–H and O–H groups in total. The van der Waals surface area contributed by atoms with E-state index in [0.717, 1.165) is 33.2 Å². The zero-order valence-corrected chi connectivity index (χ0v) is 20.6. The van der Waals surface area contributed by atoms with Gasteiger partial charge in [0.15, 0.2) is 0 Å². The predicted molar refractivity (Wildman–Crippen MR) is 160 cm³/mol. The number of aromatic nitrogens is 2. The molecule has 0 atom stereocenters. The van der Waals surface area contributed by atoms with Gasteiger partial charge in [-0.25, -0.2) is 4.98 Å². The second-order valence-corrected chi connectivity index (χ2v) is 9.81. The first-order valence-electron chi connectivity index (χ1n) is 12.9. The van der Waals surface area contributed by atoms with Gasteiger partial charge in [-0.15, -0.1) is 0 Å². The van der Waals surface area contributed by atoms with Crippen molar-refractivity contribution in [2.24, 2.45) is 0 Å². The molecule has 0 fully saturated rings. The van der Waals surface area contributed by atoms with Crippen LogP contribution in [0.25, 0.3) is 76.5 Å². The van der Waals surface area contributed by atoms with Crippen molar-refractivity contribution >= 4 is 54.0 Å². The minimum atomic E-state index is 0.913. The van der Waals surface area contributed by atoms with E-state index in [9.17, 15) is 0 Å². The maximum Gasteiger partial charge on any atom is 0.0978 e. The summed E-state index contributed by atoms with van der Waals surface area (Å²) in [5.41, 5.74) is 5.12. The summed E-state index contributed by atoms with van der Waals surface area (Å²) < 4.78 is 0. The van der Waals surface area contributed by atoms with Gasteiger partial charge >= 0.3 is 0 Å². The molecule has 0 saturated heterocycles. The van der Waals surface area contributed by atoms with Crippen LogP contribution in [0.4, 0.5) is 0 Å². The number of hydrogen-bond donors (Lipinski definition) is 0. The van der Waals surface area contributed by atoms with Crippen molar-refractivity contribution < 1.29 is 0 Å². The van der Waals surface area contributed by atoms with Gasteiger partial charge in [-0.1, -0.05) is 115 Å². The van der Waals surface area contributed by atoms with E-state index in [-0.39, 0.29) is 0 Å². The van der Waals surface area contributed by atoms with E-state index >= 15 is 0 Å². The molecule has 8 aromatic rings. The van der Waals surface area contributed by atoms with E-state index < -0.39 is 0 Å². The van der Waals surface area contributed by atoms with Crippen molar-refractivity contribution in [1.29, 1.82) is 0 Å². The Morgan fingerprint density at radius 2 is 1.08 bits per heavy atom. The van der Waals surface area contributed by atoms with Crippen molar-refractivity contribution in [3.05, 3.63) is 134 Å². The molecular formula is C36H22N2. The second-order valence-electron chi connectivity index (χ2n) is 9.81. The smallest absolute Gasteiger partial charge is 0.0978 e. The third-order valence-corrected chi connectivity index (χ3v) is 7.67. The van der Waals surface area contributed by atoms with Gasteiger partial charge in [0.2, 0.25) is 0 Å². The van der Waals surface area contributed by atoms with Crippen molar-refractivity contribution in [2.75, 3.05) is 0 Å². The number of para-hydroxylation sites is 1. The molecule has 0 saturated carbocycles. The number of pyridine rings is 2. The van der Waals surface area contributed by atoms with Gasteiger partial charge in [-0.3, -0.25) is 4.98 Å². The number of hydrogen-bond acceptors (Lipinski definition) is 2. The molecule has 2 heterocycles. The lowest BCUT2D eigenvalue weighted by molar-refractivity contribution is 1.31. The first-order chi connectivity index (χ1) is 18.8. The fraction of sp³-hybridized carbons (Fsp3) is 0. The molecule has 6 aromatic carbocycles. The molecule has 2 nitrogen and oxygen atoms in total.